The molecule has 1 N–H and O–H groups in total. The number of benzene rings is 1. The van der Waals surface area contributed by atoms with Crippen LogP contribution in [0.15, 0.2) is 23.1 Å². The van der Waals surface area contributed by atoms with Crippen molar-refractivity contribution in [1.82, 2.24) is 0 Å². The summed E-state index contributed by atoms with van der Waals surface area (Å²) in [6, 6.07) is 6.10. The lowest BCUT2D eigenvalue weighted by atomic mass is 10.3. The molecule has 0 radical (unpaired) electrons. The summed E-state index contributed by atoms with van der Waals surface area (Å²) in [5.41, 5.74) is 1.26. The molecule has 0 unspecified atom stereocenters. The van der Waals surface area contributed by atoms with E-state index in [1.54, 1.807) is 0 Å². The Morgan fingerprint density at radius 3 is 2.92 bits per heavy atom. The van der Waals surface area contributed by atoms with Crippen LogP contribution in [0.4, 0.5) is 5.69 Å². The topological polar surface area (TPSA) is 12.0 Å². The van der Waals surface area contributed by atoms with Gasteiger partial charge in [0.1, 0.15) is 0 Å². The fourth-order valence-electron chi connectivity index (χ4n) is 1.44. The van der Waals surface area contributed by atoms with Gasteiger partial charge in [0.05, 0.1) is 0 Å². The van der Waals surface area contributed by atoms with Crippen LogP contribution in [0.2, 0.25) is 5.02 Å². The predicted octanol–water partition coefficient (Wildman–Crippen LogP) is 3.15. The van der Waals surface area contributed by atoms with E-state index in [9.17, 15) is 0 Å². The Labute approximate surface area is 79.4 Å². The summed E-state index contributed by atoms with van der Waals surface area (Å²) < 4.78 is 0. The molecule has 0 atom stereocenters. The normalized spacial score (nSPS) is 21.2. The molecule has 0 bridgehead atoms. The van der Waals surface area contributed by atoms with Crippen molar-refractivity contribution in [2.75, 3.05) is 23.7 Å². The van der Waals surface area contributed by atoms with Gasteiger partial charge in [-0.15, -0.1) is 0 Å². The number of nitrogens with one attached hydrogen (secondary N) is 1. The largest absolute Gasteiger partial charge is 0.376 e. The monoisotopic (exact) mass is 201 g/mol. The molecule has 3 heteroatoms. The second kappa shape index (κ2) is 2.57. The molecule has 0 spiro atoms. The van der Waals surface area contributed by atoms with Crippen LogP contribution in [0.3, 0.4) is 0 Å². The van der Waals surface area contributed by atoms with Crippen molar-refractivity contribution < 1.29 is 0 Å². The highest BCUT2D eigenvalue weighted by Gasteiger charge is 2.24. The third-order valence-corrected chi connectivity index (χ3v) is 4.79. The SMILES string of the molecule is CS1(C)CNc2ccc(Cl)cc21. The van der Waals surface area contributed by atoms with Crippen LogP contribution in [0.5, 0.6) is 0 Å². The summed E-state index contributed by atoms with van der Waals surface area (Å²) in [5, 5.41) is 4.24. The van der Waals surface area contributed by atoms with Gasteiger partial charge in [0.25, 0.3) is 0 Å². The summed E-state index contributed by atoms with van der Waals surface area (Å²) in [4.78, 5) is 1.41. The molecule has 2 rings (SSSR count). The van der Waals surface area contributed by atoms with Gasteiger partial charge in [-0.25, -0.2) is 10.0 Å². The Morgan fingerprint density at radius 2 is 2.17 bits per heavy atom. The molecular formula is C9H12ClNS. The maximum absolute atomic E-state index is 5.94. The molecule has 0 saturated carbocycles. The quantitative estimate of drug-likeness (QED) is 0.680. The van der Waals surface area contributed by atoms with E-state index in [-0.39, 0.29) is 0 Å². The Morgan fingerprint density at radius 1 is 1.42 bits per heavy atom. The standard InChI is InChI=1S/C9H12ClNS/c1-12(2)6-11-8-4-3-7(10)5-9(8)12/h3-5,11H,6H2,1-2H3. The highest BCUT2D eigenvalue weighted by molar-refractivity contribution is 8.33. The Bertz CT molecular complexity index is 322. The molecule has 1 aliphatic heterocycles. The summed E-state index contributed by atoms with van der Waals surface area (Å²) >= 11 is 5.94. The van der Waals surface area contributed by atoms with E-state index in [0.717, 1.165) is 10.9 Å². The number of hydrogen-bond acceptors (Lipinski definition) is 1. The molecule has 1 aromatic carbocycles. The van der Waals surface area contributed by atoms with Crippen LogP contribution in [0.25, 0.3) is 0 Å². The van der Waals surface area contributed by atoms with Gasteiger partial charge in [-0.3, -0.25) is 0 Å². The fraction of sp³-hybridized carbons (Fsp3) is 0.333. The van der Waals surface area contributed by atoms with E-state index in [4.69, 9.17) is 11.6 Å². The molecule has 1 nitrogen and oxygen atoms in total. The van der Waals surface area contributed by atoms with Gasteiger partial charge < -0.3 is 5.32 Å². The number of rotatable bonds is 0. The first kappa shape index (κ1) is 8.27. The summed E-state index contributed by atoms with van der Waals surface area (Å²) in [7, 11) is -0.624. The summed E-state index contributed by atoms with van der Waals surface area (Å²) in [5.74, 6) is 1.09. The smallest absolute Gasteiger partial charge is 0.0491 e. The lowest BCUT2D eigenvalue weighted by molar-refractivity contribution is 1.43. The van der Waals surface area contributed by atoms with Gasteiger partial charge in [0.2, 0.25) is 0 Å². The minimum atomic E-state index is -0.624. The molecule has 12 heavy (non-hydrogen) atoms. The van der Waals surface area contributed by atoms with Gasteiger partial charge in [0.15, 0.2) is 0 Å². The maximum atomic E-state index is 5.94. The Kier molecular flexibility index (Phi) is 1.77. The molecule has 0 saturated heterocycles. The van der Waals surface area contributed by atoms with Crippen molar-refractivity contribution in [2.45, 2.75) is 4.90 Å². The number of hydrogen-bond donors (Lipinski definition) is 1. The van der Waals surface area contributed by atoms with E-state index >= 15 is 0 Å². The average Bonchev–Trinajstić information content (AvgIpc) is 2.28. The van der Waals surface area contributed by atoms with Gasteiger partial charge >= 0.3 is 0 Å². The van der Waals surface area contributed by atoms with Crippen molar-refractivity contribution in [1.29, 1.82) is 0 Å². The van der Waals surface area contributed by atoms with Gasteiger partial charge in [-0.2, -0.15) is 0 Å². The molecule has 0 fully saturated rings. The number of anilines is 1. The lowest BCUT2D eigenvalue weighted by Crippen LogP contribution is -1.98. The van der Waals surface area contributed by atoms with Gasteiger partial charge in [0, 0.05) is 21.5 Å². The zero-order valence-corrected chi connectivity index (χ0v) is 8.80. The molecule has 1 aromatic rings. The Balaban J connectivity index is 2.57. The second-order valence-corrected chi connectivity index (χ2v) is 7.74. The van der Waals surface area contributed by atoms with Crippen LogP contribution >= 0.6 is 21.6 Å². The zero-order valence-electron chi connectivity index (χ0n) is 7.23. The van der Waals surface area contributed by atoms with E-state index < -0.39 is 10.0 Å². The van der Waals surface area contributed by atoms with E-state index in [1.165, 1.54) is 10.6 Å². The Hall–Kier alpha value is -0.340. The van der Waals surface area contributed by atoms with E-state index in [0.29, 0.717) is 0 Å². The van der Waals surface area contributed by atoms with Gasteiger partial charge in [-0.1, -0.05) is 11.6 Å². The minimum absolute atomic E-state index is 0.624. The van der Waals surface area contributed by atoms with Crippen molar-refractivity contribution in [3.63, 3.8) is 0 Å². The number of fused-ring (bicyclic) bond motifs is 1. The first-order chi connectivity index (χ1) is 5.59. The molecule has 0 aromatic heterocycles. The summed E-state index contributed by atoms with van der Waals surface area (Å²) in [6.45, 7) is 0. The number of halogens is 1. The van der Waals surface area contributed by atoms with Crippen molar-refractivity contribution in [3.05, 3.63) is 23.2 Å². The molecule has 0 aliphatic carbocycles. The zero-order chi connectivity index (χ0) is 8.77. The van der Waals surface area contributed by atoms with Crippen LogP contribution in [-0.4, -0.2) is 18.4 Å². The highest BCUT2D eigenvalue weighted by atomic mass is 35.5. The predicted molar refractivity (Wildman–Crippen MR) is 57.6 cm³/mol. The lowest BCUT2D eigenvalue weighted by Gasteiger charge is -2.24. The second-order valence-electron chi connectivity index (χ2n) is 3.50. The van der Waals surface area contributed by atoms with Crippen LogP contribution in [0, 0.1) is 0 Å². The molecule has 1 heterocycles. The van der Waals surface area contributed by atoms with E-state index in [1.807, 2.05) is 6.07 Å². The van der Waals surface area contributed by atoms with Crippen LogP contribution in [0.1, 0.15) is 0 Å². The van der Waals surface area contributed by atoms with Crippen molar-refractivity contribution >= 4 is 27.3 Å². The first-order valence-corrected chi connectivity index (χ1v) is 6.84. The average molecular weight is 202 g/mol. The molecule has 0 amide bonds. The van der Waals surface area contributed by atoms with Crippen molar-refractivity contribution in [3.8, 4) is 0 Å². The molecule has 66 valence electrons. The summed E-state index contributed by atoms with van der Waals surface area (Å²) in [6.07, 6.45) is 4.62. The molecule has 1 aliphatic rings. The third-order valence-electron chi connectivity index (χ3n) is 2.16. The maximum Gasteiger partial charge on any atom is 0.0491 e. The highest BCUT2D eigenvalue weighted by Crippen LogP contribution is 2.56. The molecular weight excluding hydrogens is 190 g/mol. The van der Waals surface area contributed by atoms with Crippen molar-refractivity contribution in [2.24, 2.45) is 0 Å². The minimum Gasteiger partial charge on any atom is -0.376 e. The van der Waals surface area contributed by atoms with E-state index in [2.05, 4.69) is 30.0 Å². The first-order valence-electron chi connectivity index (χ1n) is 3.84. The van der Waals surface area contributed by atoms with Gasteiger partial charge in [-0.05, 0) is 30.7 Å². The van der Waals surface area contributed by atoms with Crippen LogP contribution in [-0.2, 0) is 0 Å². The third kappa shape index (κ3) is 1.19. The van der Waals surface area contributed by atoms with Crippen LogP contribution < -0.4 is 5.32 Å². The fourth-order valence-corrected chi connectivity index (χ4v) is 3.53.